The van der Waals surface area contributed by atoms with Crippen molar-refractivity contribution in [3.05, 3.63) is 29.8 Å². The van der Waals surface area contributed by atoms with Crippen LogP contribution < -0.4 is 4.74 Å². The number of carbonyl (C=O) groups excluding carboxylic acids is 2. The van der Waals surface area contributed by atoms with Gasteiger partial charge in [-0.1, -0.05) is 31.5 Å². The van der Waals surface area contributed by atoms with E-state index in [4.69, 9.17) is 14.2 Å². The second-order valence-electron chi connectivity index (χ2n) is 9.59. The van der Waals surface area contributed by atoms with Crippen molar-refractivity contribution in [2.45, 2.75) is 70.5 Å². The van der Waals surface area contributed by atoms with E-state index in [2.05, 4.69) is 13.0 Å². The second kappa shape index (κ2) is 11.3. The maximum Gasteiger partial charge on any atom is 0.256 e. The molecule has 0 saturated carbocycles. The summed E-state index contributed by atoms with van der Waals surface area (Å²) >= 11 is 0. The van der Waals surface area contributed by atoms with Crippen molar-refractivity contribution in [3.8, 4) is 5.75 Å². The minimum absolute atomic E-state index is 0.0267. The molecule has 1 atom stereocenters. The molecule has 1 unspecified atom stereocenters. The fourth-order valence-electron chi connectivity index (χ4n) is 4.61. The van der Waals surface area contributed by atoms with Crippen LogP contribution in [0.3, 0.4) is 0 Å². The quantitative estimate of drug-likeness (QED) is 0.673. The summed E-state index contributed by atoms with van der Waals surface area (Å²) in [4.78, 5) is 30.7. The average Bonchev–Trinajstić information content (AvgIpc) is 2.83. The minimum Gasteiger partial charge on any atom is -0.491 e. The molecule has 0 radical (unpaired) electrons. The first-order valence-corrected chi connectivity index (χ1v) is 12.3. The van der Waals surface area contributed by atoms with Crippen LogP contribution in [0.1, 0.15) is 58.4 Å². The summed E-state index contributed by atoms with van der Waals surface area (Å²) in [6.07, 6.45) is 5.14. The van der Waals surface area contributed by atoms with E-state index < -0.39 is 11.2 Å². The summed E-state index contributed by atoms with van der Waals surface area (Å²) in [7, 11) is 1.54. The van der Waals surface area contributed by atoms with Crippen LogP contribution >= 0.6 is 0 Å². The summed E-state index contributed by atoms with van der Waals surface area (Å²) < 4.78 is 17.8. The van der Waals surface area contributed by atoms with Gasteiger partial charge in [0.15, 0.2) is 5.60 Å². The van der Waals surface area contributed by atoms with Gasteiger partial charge in [0, 0.05) is 20.2 Å². The highest BCUT2D eigenvalue weighted by Crippen LogP contribution is 2.31. The number of carbonyl (C=O) groups is 2. The van der Waals surface area contributed by atoms with Crippen LogP contribution in [-0.4, -0.2) is 79.3 Å². The van der Waals surface area contributed by atoms with E-state index in [1.54, 1.807) is 25.9 Å². The van der Waals surface area contributed by atoms with E-state index in [1.807, 2.05) is 23.1 Å². The number of para-hydroxylation sites is 1. The highest BCUT2D eigenvalue weighted by atomic mass is 16.5. The maximum absolute atomic E-state index is 14.0. The van der Waals surface area contributed by atoms with E-state index in [-0.39, 0.29) is 18.4 Å². The highest BCUT2D eigenvalue weighted by molar-refractivity contribution is 5.89. The van der Waals surface area contributed by atoms with E-state index in [0.29, 0.717) is 39.3 Å². The number of benzene rings is 1. The summed E-state index contributed by atoms with van der Waals surface area (Å²) in [6, 6.07) is 8.15. The maximum atomic E-state index is 14.0. The zero-order valence-electron chi connectivity index (χ0n) is 20.7. The Balaban J connectivity index is 1.87. The second-order valence-corrected chi connectivity index (χ2v) is 9.59. The number of hydrogen-bond acceptors (Lipinski definition) is 5. The van der Waals surface area contributed by atoms with Crippen LogP contribution in [0, 0.1) is 0 Å². The summed E-state index contributed by atoms with van der Waals surface area (Å²) in [6.45, 7) is 8.31. The SMILES string of the molecule is CCCCN1CCOc2ccccc2CCCCC2(CN(C(=O)C(C)(C)OC)CCO2)C1=O. The van der Waals surface area contributed by atoms with Gasteiger partial charge in [0.2, 0.25) is 0 Å². The van der Waals surface area contributed by atoms with Gasteiger partial charge in [-0.15, -0.1) is 0 Å². The van der Waals surface area contributed by atoms with Gasteiger partial charge in [0.1, 0.15) is 18.0 Å². The molecule has 2 heterocycles. The van der Waals surface area contributed by atoms with Crippen molar-refractivity contribution < 1.29 is 23.8 Å². The zero-order valence-corrected chi connectivity index (χ0v) is 20.7. The largest absolute Gasteiger partial charge is 0.491 e. The van der Waals surface area contributed by atoms with Crippen LogP contribution in [0.4, 0.5) is 0 Å². The number of aryl methyl sites for hydroxylation is 1. The van der Waals surface area contributed by atoms with Crippen LogP contribution in [0.2, 0.25) is 0 Å². The first-order chi connectivity index (χ1) is 15.8. The van der Waals surface area contributed by atoms with Crippen LogP contribution in [-0.2, 0) is 25.5 Å². The number of morpholine rings is 1. The third-order valence-electron chi connectivity index (χ3n) is 6.83. The van der Waals surface area contributed by atoms with Crippen LogP contribution in [0.15, 0.2) is 24.3 Å². The molecule has 0 aromatic heterocycles. The Labute approximate surface area is 198 Å². The van der Waals surface area contributed by atoms with Gasteiger partial charge < -0.3 is 24.0 Å². The fourth-order valence-corrected chi connectivity index (χ4v) is 4.61. The number of ether oxygens (including phenoxy) is 3. The molecule has 1 aromatic carbocycles. The van der Waals surface area contributed by atoms with E-state index in [9.17, 15) is 9.59 Å². The van der Waals surface area contributed by atoms with E-state index in [1.165, 1.54) is 5.56 Å². The molecule has 184 valence electrons. The van der Waals surface area contributed by atoms with Crippen molar-refractivity contribution in [1.82, 2.24) is 9.80 Å². The topological polar surface area (TPSA) is 68.3 Å². The van der Waals surface area contributed by atoms with Gasteiger partial charge in [-0.05, 0) is 57.6 Å². The van der Waals surface area contributed by atoms with Gasteiger partial charge in [-0.3, -0.25) is 9.59 Å². The molecule has 0 aliphatic carbocycles. The molecule has 1 fully saturated rings. The standard InChI is InChI=1S/C26H40N2O5/c1-5-6-15-27-16-18-32-22-13-8-7-11-21(22)12-9-10-14-26(24(27)30)20-28(17-19-33-26)23(29)25(2,3)31-4/h7-8,11,13H,5-6,9-10,12,14-20H2,1-4H3. The molecule has 3 rings (SSSR count). The monoisotopic (exact) mass is 460 g/mol. The Morgan fingerprint density at radius 1 is 1.18 bits per heavy atom. The molecule has 1 saturated heterocycles. The van der Waals surface area contributed by atoms with Crippen molar-refractivity contribution in [3.63, 3.8) is 0 Å². The molecule has 0 bridgehead atoms. The molecule has 2 amide bonds. The van der Waals surface area contributed by atoms with Gasteiger partial charge in [0.25, 0.3) is 11.8 Å². The first kappa shape index (κ1) is 25.5. The Kier molecular flexibility index (Phi) is 8.76. The average molecular weight is 461 g/mol. The molecule has 7 nitrogen and oxygen atoms in total. The van der Waals surface area contributed by atoms with Crippen molar-refractivity contribution in [1.29, 1.82) is 0 Å². The number of fused-ring (bicyclic) bond motifs is 1. The Morgan fingerprint density at radius 2 is 1.97 bits per heavy atom. The molecule has 2 aliphatic heterocycles. The predicted molar refractivity (Wildman–Crippen MR) is 127 cm³/mol. The number of hydrogen-bond donors (Lipinski definition) is 0. The number of amides is 2. The molecule has 0 N–H and O–H groups in total. The Hall–Kier alpha value is -2.12. The van der Waals surface area contributed by atoms with Crippen molar-refractivity contribution in [2.75, 3.05) is 46.5 Å². The van der Waals surface area contributed by atoms with Gasteiger partial charge >= 0.3 is 0 Å². The van der Waals surface area contributed by atoms with Crippen molar-refractivity contribution >= 4 is 11.8 Å². The number of nitrogens with zero attached hydrogens (tertiary/aromatic N) is 2. The number of unbranched alkanes of at least 4 members (excludes halogenated alkanes) is 1. The summed E-state index contributed by atoms with van der Waals surface area (Å²) in [5.74, 6) is 0.772. The van der Waals surface area contributed by atoms with Gasteiger partial charge in [-0.2, -0.15) is 0 Å². The van der Waals surface area contributed by atoms with Crippen LogP contribution in [0.5, 0.6) is 5.75 Å². The lowest BCUT2D eigenvalue weighted by molar-refractivity contribution is -0.182. The Bertz CT molecular complexity index is 812. The lowest BCUT2D eigenvalue weighted by Crippen LogP contribution is -2.64. The lowest BCUT2D eigenvalue weighted by Gasteiger charge is -2.45. The van der Waals surface area contributed by atoms with Crippen molar-refractivity contribution in [2.24, 2.45) is 0 Å². The molecular formula is C26H40N2O5. The van der Waals surface area contributed by atoms with Gasteiger partial charge in [0.05, 0.1) is 19.7 Å². The predicted octanol–water partition coefficient (Wildman–Crippen LogP) is 3.44. The highest BCUT2D eigenvalue weighted by Gasteiger charge is 2.48. The smallest absolute Gasteiger partial charge is 0.256 e. The fraction of sp³-hybridized carbons (Fsp3) is 0.692. The molecule has 33 heavy (non-hydrogen) atoms. The lowest BCUT2D eigenvalue weighted by atomic mass is 9.90. The van der Waals surface area contributed by atoms with Gasteiger partial charge in [-0.25, -0.2) is 0 Å². The normalized spacial score (nSPS) is 22.8. The third kappa shape index (κ3) is 6.07. The van der Waals surface area contributed by atoms with E-state index >= 15 is 0 Å². The summed E-state index contributed by atoms with van der Waals surface area (Å²) in [5, 5.41) is 0. The molecule has 7 heteroatoms. The van der Waals surface area contributed by atoms with Crippen LogP contribution in [0.25, 0.3) is 0 Å². The molecule has 1 aromatic rings. The number of methoxy groups -OCH3 is 1. The van der Waals surface area contributed by atoms with E-state index in [0.717, 1.165) is 37.9 Å². The minimum atomic E-state index is -1.02. The third-order valence-corrected chi connectivity index (χ3v) is 6.83. The molecular weight excluding hydrogens is 420 g/mol. The first-order valence-electron chi connectivity index (χ1n) is 12.3. The zero-order chi connectivity index (χ0) is 23.9. The summed E-state index contributed by atoms with van der Waals surface area (Å²) in [5.41, 5.74) is -0.766. The molecule has 1 spiro atoms. The Morgan fingerprint density at radius 3 is 2.73 bits per heavy atom. The number of rotatable bonds is 5. The molecule has 2 aliphatic rings.